The number of furan rings is 1. The Morgan fingerprint density at radius 3 is 2.60 bits per heavy atom. The second kappa shape index (κ2) is 8.06. The van der Waals surface area contributed by atoms with Crippen molar-refractivity contribution in [3.63, 3.8) is 0 Å². The van der Waals surface area contributed by atoms with Crippen LogP contribution in [0.3, 0.4) is 0 Å². The van der Waals surface area contributed by atoms with Gasteiger partial charge in [0, 0.05) is 11.5 Å². The Morgan fingerprint density at radius 1 is 1.00 bits per heavy atom. The van der Waals surface area contributed by atoms with Gasteiger partial charge in [0.2, 0.25) is 11.2 Å². The molecule has 0 spiro atoms. The second-order valence-electron chi connectivity index (χ2n) is 6.95. The fourth-order valence-corrected chi connectivity index (χ4v) is 3.43. The van der Waals surface area contributed by atoms with E-state index in [9.17, 15) is 9.59 Å². The summed E-state index contributed by atoms with van der Waals surface area (Å²) in [5.74, 6) is 0.795. The quantitative estimate of drug-likeness (QED) is 0.395. The number of ether oxygens (including phenoxy) is 2. The molecule has 4 rings (SSSR count). The first-order valence-corrected chi connectivity index (χ1v) is 9.93. The van der Waals surface area contributed by atoms with Gasteiger partial charge in [-0.3, -0.25) is 4.79 Å². The third-order valence-corrected chi connectivity index (χ3v) is 4.79. The lowest BCUT2D eigenvalue weighted by atomic mass is 10.0. The Bertz CT molecular complexity index is 1290. The van der Waals surface area contributed by atoms with E-state index >= 15 is 0 Å². The topological polar surface area (TPSA) is 78.9 Å². The monoisotopic (exact) mass is 406 g/mol. The van der Waals surface area contributed by atoms with E-state index in [1.165, 1.54) is 0 Å². The third-order valence-electron chi connectivity index (χ3n) is 4.79. The third kappa shape index (κ3) is 3.56. The molecular weight excluding hydrogens is 384 g/mol. The molecule has 30 heavy (non-hydrogen) atoms. The number of rotatable bonds is 6. The van der Waals surface area contributed by atoms with Gasteiger partial charge in [0.15, 0.2) is 0 Å². The van der Waals surface area contributed by atoms with Crippen LogP contribution in [-0.4, -0.2) is 19.2 Å². The number of hydrogen-bond acceptors (Lipinski definition) is 6. The first-order chi connectivity index (χ1) is 14.5. The molecule has 0 saturated carbocycles. The Kier molecular flexibility index (Phi) is 5.31. The van der Waals surface area contributed by atoms with Crippen LogP contribution in [0.4, 0.5) is 0 Å². The summed E-state index contributed by atoms with van der Waals surface area (Å²) in [6.45, 7) is 6.40. The van der Waals surface area contributed by atoms with Gasteiger partial charge in [-0.05, 0) is 56.2 Å². The van der Waals surface area contributed by atoms with Gasteiger partial charge < -0.3 is 18.3 Å². The highest BCUT2D eigenvalue weighted by Crippen LogP contribution is 2.30. The lowest BCUT2D eigenvalue weighted by molar-refractivity contribution is 0.0492. The normalized spacial score (nSPS) is 11.2. The molecule has 2 aromatic carbocycles. The van der Waals surface area contributed by atoms with Gasteiger partial charge in [0.05, 0.1) is 24.2 Å². The average Bonchev–Trinajstić information content (AvgIpc) is 3.16. The van der Waals surface area contributed by atoms with Crippen LogP contribution in [0, 0.1) is 6.92 Å². The van der Waals surface area contributed by atoms with Crippen molar-refractivity contribution < 1.29 is 23.1 Å². The first-order valence-electron chi connectivity index (χ1n) is 9.93. The predicted octanol–water partition coefficient (Wildman–Crippen LogP) is 5.48. The summed E-state index contributed by atoms with van der Waals surface area (Å²) in [6, 6.07) is 12.2. The lowest BCUT2D eigenvalue weighted by Gasteiger charge is -2.09. The largest absolute Gasteiger partial charge is 0.493 e. The molecule has 4 aromatic rings. The number of fused-ring (bicyclic) bond motifs is 2. The van der Waals surface area contributed by atoms with E-state index in [1.807, 2.05) is 13.0 Å². The molecule has 154 valence electrons. The fourth-order valence-electron chi connectivity index (χ4n) is 3.43. The van der Waals surface area contributed by atoms with E-state index in [0.29, 0.717) is 51.2 Å². The standard InChI is InChI=1S/C24H22O6/c1-4-10-28-17-7-8-18-20(13-17)29-14(3)22(23(18)25)15-6-9-19-16(11-15)12-21(30-19)24(26)27-5-2/h6-9,11-13H,4-5,10H2,1-3H3. The van der Waals surface area contributed by atoms with E-state index in [2.05, 4.69) is 0 Å². The van der Waals surface area contributed by atoms with E-state index in [0.717, 1.165) is 6.42 Å². The van der Waals surface area contributed by atoms with Crippen LogP contribution in [0.2, 0.25) is 0 Å². The summed E-state index contributed by atoms with van der Waals surface area (Å²) in [6.07, 6.45) is 0.897. The van der Waals surface area contributed by atoms with E-state index in [1.54, 1.807) is 50.2 Å². The number of aryl methyl sites for hydroxylation is 1. The zero-order chi connectivity index (χ0) is 21.3. The van der Waals surface area contributed by atoms with Crippen molar-refractivity contribution in [3.05, 3.63) is 64.2 Å². The molecule has 0 aliphatic carbocycles. The van der Waals surface area contributed by atoms with Crippen molar-refractivity contribution >= 4 is 27.9 Å². The molecule has 2 aromatic heterocycles. The van der Waals surface area contributed by atoms with E-state index in [-0.39, 0.29) is 17.8 Å². The minimum atomic E-state index is -0.516. The van der Waals surface area contributed by atoms with Crippen molar-refractivity contribution in [3.8, 4) is 16.9 Å². The Labute approximate surface area is 173 Å². The van der Waals surface area contributed by atoms with Gasteiger partial charge >= 0.3 is 5.97 Å². The smallest absolute Gasteiger partial charge is 0.374 e. The highest BCUT2D eigenvalue weighted by molar-refractivity contribution is 5.94. The van der Waals surface area contributed by atoms with Crippen LogP contribution in [0.1, 0.15) is 36.6 Å². The molecule has 0 fully saturated rings. The van der Waals surface area contributed by atoms with Gasteiger partial charge in [-0.25, -0.2) is 4.79 Å². The van der Waals surface area contributed by atoms with E-state index < -0.39 is 5.97 Å². The lowest BCUT2D eigenvalue weighted by Crippen LogP contribution is -2.07. The molecule has 0 saturated heterocycles. The first kappa shape index (κ1) is 19.8. The number of hydrogen-bond donors (Lipinski definition) is 0. The highest BCUT2D eigenvalue weighted by atomic mass is 16.5. The molecule has 0 amide bonds. The summed E-state index contributed by atoms with van der Waals surface area (Å²) in [5, 5.41) is 1.19. The predicted molar refractivity (Wildman–Crippen MR) is 114 cm³/mol. The SMILES string of the molecule is CCCOc1ccc2c(=O)c(-c3ccc4oc(C(=O)OCC)cc4c3)c(C)oc2c1. The molecule has 0 radical (unpaired) electrons. The van der Waals surface area contributed by atoms with E-state index in [4.69, 9.17) is 18.3 Å². The summed E-state index contributed by atoms with van der Waals surface area (Å²) in [7, 11) is 0. The highest BCUT2D eigenvalue weighted by Gasteiger charge is 2.17. The molecule has 0 unspecified atom stereocenters. The molecule has 6 heteroatoms. The molecular formula is C24H22O6. The van der Waals surface area contributed by atoms with Gasteiger partial charge in [-0.15, -0.1) is 0 Å². The van der Waals surface area contributed by atoms with Crippen LogP contribution in [0.25, 0.3) is 33.1 Å². The summed E-state index contributed by atoms with van der Waals surface area (Å²) < 4.78 is 22.1. The van der Waals surface area contributed by atoms with Gasteiger partial charge in [0.1, 0.15) is 22.7 Å². The molecule has 0 aliphatic rings. The molecule has 0 aliphatic heterocycles. The van der Waals surface area contributed by atoms with Crippen molar-refractivity contribution in [1.29, 1.82) is 0 Å². The minimum Gasteiger partial charge on any atom is -0.493 e. The van der Waals surface area contributed by atoms with Crippen molar-refractivity contribution in [2.75, 3.05) is 13.2 Å². The Hall–Kier alpha value is -3.54. The van der Waals surface area contributed by atoms with Crippen LogP contribution in [0.15, 0.2) is 56.1 Å². The van der Waals surface area contributed by atoms with Gasteiger partial charge in [0.25, 0.3) is 0 Å². The van der Waals surface area contributed by atoms with Crippen molar-refractivity contribution in [2.24, 2.45) is 0 Å². The number of carbonyl (C=O) groups excluding carboxylic acids is 1. The van der Waals surface area contributed by atoms with Crippen molar-refractivity contribution in [2.45, 2.75) is 27.2 Å². The summed E-state index contributed by atoms with van der Waals surface area (Å²) in [5.41, 5.74) is 2.08. The molecule has 0 bridgehead atoms. The fraction of sp³-hybridized carbons (Fsp3) is 0.250. The van der Waals surface area contributed by atoms with Crippen LogP contribution in [0.5, 0.6) is 5.75 Å². The molecule has 0 N–H and O–H groups in total. The maximum Gasteiger partial charge on any atom is 0.374 e. The summed E-state index contributed by atoms with van der Waals surface area (Å²) in [4.78, 5) is 25.1. The zero-order valence-electron chi connectivity index (χ0n) is 17.1. The van der Waals surface area contributed by atoms with Crippen LogP contribution < -0.4 is 10.2 Å². The maximum absolute atomic E-state index is 13.2. The average molecular weight is 406 g/mol. The minimum absolute atomic E-state index is 0.121. The van der Waals surface area contributed by atoms with Gasteiger partial charge in [-0.2, -0.15) is 0 Å². The van der Waals surface area contributed by atoms with Crippen molar-refractivity contribution in [1.82, 2.24) is 0 Å². The Morgan fingerprint density at radius 2 is 1.83 bits per heavy atom. The number of esters is 1. The Balaban J connectivity index is 1.79. The summed E-state index contributed by atoms with van der Waals surface area (Å²) >= 11 is 0. The number of carbonyl (C=O) groups is 1. The zero-order valence-corrected chi connectivity index (χ0v) is 17.1. The second-order valence-corrected chi connectivity index (χ2v) is 6.95. The van der Waals surface area contributed by atoms with Gasteiger partial charge in [-0.1, -0.05) is 13.0 Å². The van der Waals surface area contributed by atoms with Crippen LogP contribution >= 0.6 is 0 Å². The molecule has 2 heterocycles. The maximum atomic E-state index is 13.2. The molecule has 6 nitrogen and oxygen atoms in total. The number of benzene rings is 2. The molecule has 0 atom stereocenters. The van der Waals surface area contributed by atoms with Crippen LogP contribution in [-0.2, 0) is 4.74 Å².